The fraction of sp³-hybridized carbons (Fsp3) is 0.370. The van der Waals surface area contributed by atoms with E-state index in [9.17, 15) is 17.6 Å². The summed E-state index contributed by atoms with van der Waals surface area (Å²) < 4.78 is 48.0. The molecule has 208 valence electrons. The number of aromatic nitrogens is 2. The number of pyridine rings is 2. The first-order chi connectivity index (χ1) is 17.9. The topological polar surface area (TPSA) is 128 Å². The number of amides is 1. The van der Waals surface area contributed by atoms with Crippen LogP contribution in [-0.4, -0.2) is 43.0 Å². The van der Waals surface area contributed by atoms with Gasteiger partial charge in [0, 0.05) is 28.0 Å². The molecule has 3 heterocycles. The van der Waals surface area contributed by atoms with Crippen LogP contribution in [0.2, 0.25) is 0 Å². The third-order valence-electron chi connectivity index (χ3n) is 6.31. The molecule has 1 aromatic carbocycles. The number of hydrogen-bond acceptors (Lipinski definition) is 8. The van der Waals surface area contributed by atoms with Crippen LogP contribution in [0.3, 0.4) is 0 Å². The SMILES string of the molecule is CC(C)COc1cc(F)cc(-c2ccc(C(=O)NS(=O)(=O)c3cccc(N)n3)c(N3[C@H](C)CC[C@H]3C)n2)c1.[HH].[HH].[HH]. The smallest absolute Gasteiger partial charge is 0.281 e. The van der Waals surface area contributed by atoms with Crippen molar-refractivity contribution in [2.75, 3.05) is 17.2 Å². The second-order valence-electron chi connectivity index (χ2n) is 9.97. The quantitative estimate of drug-likeness (QED) is 0.397. The van der Waals surface area contributed by atoms with E-state index in [1.807, 2.05) is 32.6 Å². The molecule has 1 fully saturated rings. The summed E-state index contributed by atoms with van der Waals surface area (Å²) in [5.41, 5.74) is 6.61. The Hall–Kier alpha value is -3.73. The number of carbonyl (C=O) groups is 1. The van der Waals surface area contributed by atoms with Crippen molar-refractivity contribution in [3.63, 3.8) is 0 Å². The van der Waals surface area contributed by atoms with Crippen molar-refractivity contribution in [3.8, 4) is 17.0 Å². The number of nitrogens with two attached hydrogens (primary N) is 1. The number of rotatable bonds is 8. The molecule has 0 aliphatic carbocycles. The zero-order valence-electron chi connectivity index (χ0n) is 21.8. The van der Waals surface area contributed by atoms with Crippen molar-refractivity contribution in [1.29, 1.82) is 0 Å². The van der Waals surface area contributed by atoms with Crippen LogP contribution in [-0.2, 0) is 10.0 Å². The highest BCUT2D eigenvalue weighted by Gasteiger charge is 2.33. The minimum Gasteiger partial charge on any atom is -0.493 e. The Kier molecular flexibility index (Phi) is 7.86. The van der Waals surface area contributed by atoms with Gasteiger partial charge in [0.1, 0.15) is 23.2 Å². The van der Waals surface area contributed by atoms with Crippen molar-refractivity contribution in [1.82, 2.24) is 14.7 Å². The monoisotopic (exact) mass is 547 g/mol. The third-order valence-corrected chi connectivity index (χ3v) is 7.55. The largest absolute Gasteiger partial charge is 0.493 e. The number of benzene rings is 1. The molecule has 0 radical (unpaired) electrons. The predicted octanol–water partition coefficient (Wildman–Crippen LogP) is 5.13. The maximum atomic E-state index is 14.5. The number of nitrogens with zero attached hydrogens (tertiary/aromatic N) is 3. The highest BCUT2D eigenvalue weighted by molar-refractivity contribution is 7.90. The highest BCUT2D eigenvalue weighted by Crippen LogP contribution is 2.34. The van der Waals surface area contributed by atoms with E-state index in [4.69, 9.17) is 15.5 Å². The molecule has 1 aliphatic heterocycles. The number of hydrogen-bond donors (Lipinski definition) is 2. The number of nitrogen functional groups attached to an aromatic ring is 1. The minimum atomic E-state index is -4.29. The molecule has 0 spiro atoms. The molecule has 1 aliphatic rings. The average Bonchev–Trinajstić information content (AvgIpc) is 3.19. The maximum Gasteiger partial charge on any atom is 0.281 e. The van der Waals surface area contributed by atoms with Crippen molar-refractivity contribution < 1.29 is 26.6 Å². The van der Waals surface area contributed by atoms with E-state index in [1.54, 1.807) is 12.1 Å². The second-order valence-corrected chi connectivity index (χ2v) is 11.6. The normalized spacial score (nSPS) is 17.6. The summed E-state index contributed by atoms with van der Waals surface area (Å²) in [5.74, 6) is -0.353. The molecule has 11 heteroatoms. The van der Waals surface area contributed by atoms with Crippen molar-refractivity contribution in [2.24, 2.45) is 5.92 Å². The van der Waals surface area contributed by atoms with Gasteiger partial charge in [-0.05, 0) is 69.0 Å². The molecule has 2 aromatic heterocycles. The summed E-state index contributed by atoms with van der Waals surface area (Å²) in [6, 6.07) is 11.7. The molecule has 0 unspecified atom stereocenters. The van der Waals surface area contributed by atoms with E-state index in [1.165, 1.54) is 36.4 Å². The van der Waals surface area contributed by atoms with Gasteiger partial charge in [0.05, 0.1) is 17.9 Å². The maximum absolute atomic E-state index is 14.5. The number of nitrogens with one attached hydrogen (secondary N) is 1. The van der Waals surface area contributed by atoms with Gasteiger partial charge in [-0.25, -0.2) is 19.1 Å². The number of carbonyl (C=O) groups excluding carboxylic acids is 1. The first-order valence-corrected chi connectivity index (χ1v) is 14.0. The summed E-state index contributed by atoms with van der Waals surface area (Å²) in [6.07, 6.45) is 1.76. The second kappa shape index (κ2) is 10.9. The van der Waals surface area contributed by atoms with Gasteiger partial charge in [-0.2, -0.15) is 8.42 Å². The summed E-state index contributed by atoms with van der Waals surface area (Å²) in [7, 11) is -4.29. The van der Waals surface area contributed by atoms with Crippen molar-refractivity contribution in [3.05, 3.63) is 59.9 Å². The summed E-state index contributed by atoms with van der Waals surface area (Å²) in [6.45, 7) is 8.47. The number of halogens is 1. The highest BCUT2D eigenvalue weighted by atomic mass is 32.2. The van der Waals surface area contributed by atoms with Gasteiger partial charge in [0.2, 0.25) is 0 Å². The fourth-order valence-corrected chi connectivity index (χ4v) is 5.40. The lowest BCUT2D eigenvalue weighted by atomic mass is 10.1. The molecule has 3 aromatic rings. The van der Waals surface area contributed by atoms with Gasteiger partial charge in [-0.15, -0.1) is 0 Å². The molecule has 3 N–H and O–H groups in total. The summed E-state index contributed by atoms with van der Waals surface area (Å²) >= 11 is 0. The van der Waals surface area contributed by atoms with Gasteiger partial charge < -0.3 is 15.4 Å². The van der Waals surface area contributed by atoms with Crippen LogP contribution in [0.25, 0.3) is 11.3 Å². The van der Waals surface area contributed by atoms with Crippen LogP contribution in [0.1, 0.15) is 55.2 Å². The molecule has 38 heavy (non-hydrogen) atoms. The van der Waals surface area contributed by atoms with E-state index >= 15 is 0 Å². The Morgan fingerprint density at radius 1 is 1.16 bits per heavy atom. The lowest BCUT2D eigenvalue weighted by Crippen LogP contribution is -2.37. The molecular weight excluding hydrogens is 509 g/mol. The first kappa shape index (κ1) is 27.3. The van der Waals surface area contributed by atoms with Crippen LogP contribution < -0.4 is 20.1 Å². The van der Waals surface area contributed by atoms with E-state index < -0.39 is 21.7 Å². The molecule has 1 saturated heterocycles. The van der Waals surface area contributed by atoms with Gasteiger partial charge in [0.15, 0.2) is 5.03 Å². The Morgan fingerprint density at radius 2 is 1.87 bits per heavy atom. The van der Waals surface area contributed by atoms with E-state index in [0.29, 0.717) is 29.4 Å². The Morgan fingerprint density at radius 3 is 2.53 bits per heavy atom. The molecule has 0 saturated carbocycles. The zero-order valence-corrected chi connectivity index (χ0v) is 22.6. The minimum absolute atomic E-state index is 0. The lowest BCUT2D eigenvalue weighted by molar-refractivity contribution is 0.0981. The van der Waals surface area contributed by atoms with E-state index in [2.05, 4.69) is 9.71 Å². The fourth-order valence-electron chi connectivity index (χ4n) is 4.46. The molecule has 0 bridgehead atoms. The average molecular weight is 548 g/mol. The van der Waals surface area contributed by atoms with Gasteiger partial charge in [0.25, 0.3) is 15.9 Å². The molecule has 9 nitrogen and oxygen atoms in total. The van der Waals surface area contributed by atoms with E-state index in [-0.39, 0.29) is 38.7 Å². The molecular formula is C27H38FN5O4S. The summed E-state index contributed by atoms with van der Waals surface area (Å²) in [5, 5.41) is -0.367. The number of ether oxygens (including phenoxy) is 1. The van der Waals surface area contributed by atoms with Crippen LogP contribution in [0.15, 0.2) is 53.6 Å². The third kappa shape index (κ3) is 6.04. The molecule has 4 rings (SSSR count). The Bertz CT molecular complexity index is 1450. The van der Waals surface area contributed by atoms with E-state index in [0.717, 1.165) is 12.8 Å². The zero-order chi connectivity index (χ0) is 27.6. The van der Waals surface area contributed by atoms with Crippen LogP contribution >= 0.6 is 0 Å². The van der Waals surface area contributed by atoms with Gasteiger partial charge in [-0.3, -0.25) is 4.79 Å². The van der Waals surface area contributed by atoms with Crippen molar-refractivity contribution in [2.45, 2.75) is 57.6 Å². The molecule has 1 amide bonds. The Balaban J connectivity index is 0.00000280. The first-order valence-electron chi connectivity index (χ1n) is 12.5. The number of anilines is 2. The van der Waals surface area contributed by atoms with Crippen molar-refractivity contribution >= 4 is 27.6 Å². The Labute approximate surface area is 226 Å². The summed E-state index contributed by atoms with van der Waals surface area (Å²) in [4.78, 5) is 23.9. The van der Waals surface area contributed by atoms with Gasteiger partial charge in [-0.1, -0.05) is 19.9 Å². The standard InChI is InChI=1S/C27H32FN5O4S.3H2/c1-16(2)15-37-21-13-19(12-20(28)14-21)23-11-10-22(26(30-23)33-17(3)8-9-18(33)4)27(34)32-38(35,36)25-7-5-6-24(29)31-25;;;/h5-7,10-14,16-18H,8-9,15H2,1-4H3,(H2,29,31)(H,32,34);3*1H/t17-,18-;;;/m1.../s1. The van der Waals surface area contributed by atoms with Crippen LogP contribution in [0, 0.1) is 11.7 Å². The predicted molar refractivity (Wildman–Crippen MR) is 150 cm³/mol. The van der Waals surface area contributed by atoms with Crippen LogP contribution in [0.5, 0.6) is 5.75 Å². The van der Waals surface area contributed by atoms with Gasteiger partial charge >= 0.3 is 0 Å². The number of sulfonamides is 1. The lowest BCUT2D eigenvalue weighted by Gasteiger charge is -2.29. The van der Waals surface area contributed by atoms with Crippen LogP contribution in [0.4, 0.5) is 16.0 Å². The molecule has 2 atom stereocenters.